The van der Waals surface area contributed by atoms with Gasteiger partial charge in [-0.2, -0.15) is 4.99 Å². The van der Waals surface area contributed by atoms with Crippen molar-refractivity contribution < 1.29 is 23.8 Å². The van der Waals surface area contributed by atoms with Gasteiger partial charge in [-0.3, -0.25) is 4.79 Å². The predicted molar refractivity (Wildman–Crippen MR) is 107 cm³/mol. The number of para-hydroxylation sites is 2. The maximum absolute atomic E-state index is 12.7. The lowest BCUT2D eigenvalue weighted by molar-refractivity contribution is -0.127. The molecule has 1 aliphatic rings. The van der Waals surface area contributed by atoms with Crippen LogP contribution in [0.15, 0.2) is 47.5 Å². The van der Waals surface area contributed by atoms with Gasteiger partial charge in [0.2, 0.25) is 6.10 Å². The van der Waals surface area contributed by atoms with E-state index in [9.17, 15) is 9.59 Å². The number of thiazole rings is 1. The van der Waals surface area contributed by atoms with E-state index in [2.05, 4.69) is 10.9 Å². The molecule has 0 fully saturated rings. The summed E-state index contributed by atoms with van der Waals surface area (Å²) in [5.74, 6) is 2.76. The fraction of sp³-hybridized carbons (Fsp3) is 0.190. The van der Waals surface area contributed by atoms with Crippen molar-refractivity contribution in [2.75, 3.05) is 13.7 Å². The highest BCUT2D eigenvalue weighted by Gasteiger charge is 2.27. The molecule has 7 nitrogen and oxygen atoms in total. The number of terminal acetylenes is 1. The highest BCUT2D eigenvalue weighted by molar-refractivity contribution is 7.16. The first kappa shape index (κ1) is 18.8. The van der Waals surface area contributed by atoms with Crippen LogP contribution in [0.3, 0.4) is 0 Å². The smallest absolute Gasteiger partial charge is 0.337 e. The number of carbonyl (C=O) groups is 2. The van der Waals surface area contributed by atoms with Crippen LogP contribution in [0.2, 0.25) is 0 Å². The summed E-state index contributed by atoms with van der Waals surface area (Å²) in [4.78, 5) is 29.2. The lowest BCUT2D eigenvalue weighted by atomic mass is 10.2. The van der Waals surface area contributed by atoms with Crippen LogP contribution in [-0.2, 0) is 16.1 Å². The van der Waals surface area contributed by atoms with E-state index in [1.54, 1.807) is 41.0 Å². The van der Waals surface area contributed by atoms with E-state index in [4.69, 9.17) is 20.6 Å². The third-order valence-corrected chi connectivity index (χ3v) is 5.38. The zero-order valence-electron chi connectivity index (χ0n) is 15.5. The summed E-state index contributed by atoms with van der Waals surface area (Å²) in [5, 5.41) is 0. The average molecular weight is 408 g/mol. The van der Waals surface area contributed by atoms with Gasteiger partial charge in [0.1, 0.15) is 6.61 Å². The maximum atomic E-state index is 12.7. The van der Waals surface area contributed by atoms with Gasteiger partial charge in [0.15, 0.2) is 16.3 Å². The number of amides is 1. The molecule has 0 N–H and O–H groups in total. The number of hydrogen-bond donors (Lipinski definition) is 0. The number of hydrogen-bond acceptors (Lipinski definition) is 6. The van der Waals surface area contributed by atoms with E-state index in [0.29, 0.717) is 21.9 Å². The standard InChI is InChI=1S/C21H16N2O5S/c1-3-10-23-14-9-8-13(20(25)26-2)11-18(14)29-21(23)22-19(24)17-12-27-15-6-4-5-7-16(15)28-17/h1,4-9,11,17H,10,12H2,2H3/t17-/m1/s1. The molecule has 2 aromatic carbocycles. The predicted octanol–water partition coefficient (Wildman–Crippen LogP) is 2.39. The SMILES string of the molecule is C#CCn1c(=NC(=O)[C@H]2COc3ccccc3O2)sc2cc(C(=O)OC)ccc21. The Bertz CT molecular complexity index is 1220. The molecule has 29 heavy (non-hydrogen) atoms. The summed E-state index contributed by atoms with van der Waals surface area (Å²) in [5.41, 5.74) is 1.19. The average Bonchev–Trinajstić information content (AvgIpc) is 3.09. The molecule has 0 saturated heterocycles. The number of esters is 1. The van der Waals surface area contributed by atoms with Crippen molar-refractivity contribution in [2.45, 2.75) is 12.6 Å². The number of methoxy groups -OCH3 is 1. The number of carbonyl (C=O) groups excluding carboxylic acids is 2. The molecule has 0 saturated carbocycles. The monoisotopic (exact) mass is 408 g/mol. The van der Waals surface area contributed by atoms with Gasteiger partial charge in [-0.1, -0.05) is 29.4 Å². The molecule has 0 bridgehead atoms. The molecule has 146 valence electrons. The van der Waals surface area contributed by atoms with Crippen LogP contribution in [-0.4, -0.2) is 36.3 Å². The van der Waals surface area contributed by atoms with Crippen molar-refractivity contribution in [3.8, 4) is 23.8 Å². The molecule has 0 spiro atoms. The van der Waals surface area contributed by atoms with Crippen molar-refractivity contribution in [3.63, 3.8) is 0 Å². The molecule has 8 heteroatoms. The Morgan fingerprint density at radius 2 is 2.10 bits per heavy atom. The van der Waals surface area contributed by atoms with E-state index >= 15 is 0 Å². The molecule has 1 aliphatic heterocycles. The molecule has 0 unspecified atom stereocenters. The number of aromatic nitrogens is 1. The van der Waals surface area contributed by atoms with Crippen LogP contribution >= 0.6 is 11.3 Å². The first-order valence-corrected chi connectivity index (χ1v) is 9.54. The molecule has 3 aromatic rings. The van der Waals surface area contributed by atoms with Crippen LogP contribution in [0.1, 0.15) is 10.4 Å². The number of rotatable bonds is 3. The van der Waals surface area contributed by atoms with Crippen LogP contribution in [0.5, 0.6) is 11.5 Å². The van der Waals surface area contributed by atoms with Crippen molar-refractivity contribution in [1.29, 1.82) is 0 Å². The molecule has 1 amide bonds. The Morgan fingerprint density at radius 1 is 1.31 bits per heavy atom. The van der Waals surface area contributed by atoms with Crippen LogP contribution < -0.4 is 14.3 Å². The van der Waals surface area contributed by atoms with Crippen molar-refractivity contribution in [2.24, 2.45) is 4.99 Å². The Hall–Kier alpha value is -3.57. The van der Waals surface area contributed by atoms with E-state index in [1.807, 2.05) is 6.07 Å². The topological polar surface area (TPSA) is 79.1 Å². The molecule has 1 aromatic heterocycles. The van der Waals surface area contributed by atoms with Gasteiger partial charge in [0, 0.05) is 0 Å². The fourth-order valence-corrected chi connectivity index (χ4v) is 4.03. The normalized spacial score (nSPS) is 15.7. The molecular formula is C21H16N2O5S. The Balaban J connectivity index is 1.71. The zero-order chi connectivity index (χ0) is 20.4. The number of ether oxygens (including phenoxy) is 3. The summed E-state index contributed by atoms with van der Waals surface area (Å²) in [7, 11) is 1.32. The largest absolute Gasteiger partial charge is 0.485 e. The number of nitrogens with zero attached hydrogens (tertiary/aromatic N) is 2. The van der Waals surface area contributed by atoms with E-state index in [0.717, 1.165) is 10.2 Å². The molecule has 4 rings (SSSR count). The lowest BCUT2D eigenvalue weighted by Gasteiger charge is -2.23. The van der Waals surface area contributed by atoms with Gasteiger partial charge in [0.05, 0.1) is 29.4 Å². The summed E-state index contributed by atoms with van der Waals surface area (Å²) in [6.45, 7) is 0.306. The zero-order valence-corrected chi connectivity index (χ0v) is 16.3. The van der Waals surface area contributed by atoms with Crippen LogP contribution in [0.25, 0.3) is 10.2 Å². The van der Waals surface area contributed by atoms with Gasteiger partial charge in [-0.25, -0.2) is 4.79 Å². The minimum atomic E-state index is -0.847. The Kier molecular flexibility index (Phi) is 5.06. The third-order valence-electron chi connectivity index (χ3n) is 4.34. The fourth-order valence-electron chi connectivity index (χ4n) is 2.95. The van der Waals surface area contributed by atoms with Crippen molar-refractivity contribution in [3.05, 3.63) is 52.8 Å². The lowest BCUT2D eigenvalue weighted by Crippen LogP contribution is -2.36. The third kappa shape index (κ3) is 3.60. The van der Waals surface area contributed by atoms with Crippen molar-refractivity contribution in [1.82, 2.24) is 4.57 Å². The highest BCUT2D eigenvalue weighted by Crippen LogP contribution is 2.31. The maximum Gasteiger partial charge on any atom is 0.337 e. The van der Waals surface area contributed by atoms with Gasteiger partial charge in [0.25, 0.3) is 5.91 Å². The summed E-state index contributed by atoms with van der Waals surface area (Å²) in [6, 6.07) is 12.2. The summed E-state index contributed by atoms with van der Waals surface area (Å²) < 4.78 is 18.6. The molecule has 0 aliphatic carbocycles. The molecule has 2 heterocycles. The molecule has 0 radical (unpaired) electrons. The molecule has 1 atom stereocenters. The van der Waals surface area contributed by atoms with Crippen LogP contribution in [0, 0.1) is 12.3 Å². The van der Waals surface area contributed by atoms with Crippen LogP contribution in [0.4, 0.5) is 0 Å². The van der Waals surface area contributed by atoms with E-state index < -0.39 is 18.0 Å². The minimum Gasteiger partial charge on any atom is -0.485 e. The second-order valence-electron chi connectivity index (χ2n) is 6.16. The quantitative estimate of drug-likeness (QED) is 0.491. The van der Waals surface area contributed by atoms with Gasteiger partial charge in [-0.15, -0.1) is 6.42 Å². The summed E-state index contributed by atoms with van der Waals surface area (Å²) >= 11 is 1.26. The second kappa shape index (κ2) is 7.81. The second-order valence-corrected chi connectivity index (χ2v) is 7.17. The first-order valence-electron chi connectivity index (χ1n) is 8.73. The molecular weight excluding hydrogens is 392 g/mol. The summed E-state index contributed by atoms with van der Waals surface area (Å²) in [6.07, 6.45) is 4.65. The minimum absolute atomic E-state index is 0.0753. The van der Waals surface area contributed by atoms with E-state index in [-0.39, 0.29) is 13.2 Å². The first-order chi connectivity index (χ1) is 14.1. The Labute approximate surface area is 170 Å². The Morgan fingerprint density at radius 3 is 2.86 bits per heavy atom. The van der Waals surface area contributed by atoms with Gasteiger partial charge in [-0.05, 0) is 30.3 Å². The number of fused-ring (bicyclic) bond motifs is 2. The van der Waals surface area contributed by atoms with Crippen molar-refractivity contribution >= 4 is 33.4 Å². The van der Waals surface area contributed by atoms with Gasteiger partial charge >= 0.3 is 5.97 Å². The van der Waals surface area contributed by atoms with E-state index in [1.165, 1.54) is 18.4 Å². The number of benzene rings is 2. The van der Waals surface area contributed by atoms with Gasteiger partial charge < -0.3 is 18.8 Å². The highest BCUT2D eigenvalue weighted by atomic mass is 32.1.